The van der Waals surface area contributed by atoms with E-state index in [4.69, 9.17) is 17.3 Å². The predicted octanol–water partition coefficient (Wildman–Crippen LogP) is 3.59. The Kier molecular flexibility index (Phi) is 3.64. The van der Waals surface area contributed by atoms with E-state index in [0.717, 1.165) is 12.2 Å². The molecule has 0 amide bonds. The van der Waals surface area contributed by atoms with Gasteiger partial charge in [-0.1, -0.05) is 25.4 Å². The van der Waals surface area contributed by atoms with Crippen molar-refractivity contribution in [2.24, 2.45) is 5.41 Å². The zero-order valence-corrected chi connectivity index (χ0v) is 11.3. The molecule has 1 aliphatic carbocycles. The topological polar surface area (TPSA) is 38.0 Å². The molecular formula is C14H21ClN2. The van der Waals surface area contributed by atoms with Gasteiger partial charge in [0.25, 0.3) is 0 Å². The van der Waals surface area contributed by atoms with Gasteiger partial charge in [-0.25, -0.2) is 0 Å². The molecule has 0 spiro atoms. The van der Waals surface area contributed by atoms with Gasteiger partial charge in [0.1, 0.15) is 0 Å². The third-order valence-corrected chi connectivity index (χ3v) is 3.76. The Morgan fingerprint density at radius 2 is 2.18 bits per heavy atom. The molecule has 1 saturated carbocycles. The summed E-state index contributed by atoms with van der Waals surface area (Å²) < 4.78 is 0. The first kappa shape index (κ1) is 12.7. The largest absolute Gasteiger partial charge is 0.399 e. The van der Waals surface area contributed by atoms with E-state index in [1.165, 1.54) is 24.8 Å². The first-order valence-corrected chi connectivity index (χ1v) is 6.61. The molecule has 0 aliphatic heterocycles. The fraction of sp³-hybridized carbons (Fsp3) is 0.571. The Hall–Kier alpha value is -0.730. The maximum atomic E-state index is 5.98. The van der Waals surface area contributed by atoms with Crippen molar-refractivity contribution in [1.82, 2.24) is 5.32 Å². The minimum atomic E-state index is 0.491. The maximum absolute atomic E-state index is 5.98. The van der Waals surface area contributed by atoms with Crippen LogP contribution in [-0.2, 0) is 6.54 Å². The van der Waals surface area contributed by atoms with Gasteiger partial charge in [0, 0.05) is 23.3 Å². The third-order valence-electron chi connectivity index (χ3n) is 3.54. The number of nitrogens with two attached hydrogens (primary N) is 1. The third kappa shape index (κ3) is 3.62. The van der Waals surface area contributed by atoms with Crippen molar-refractivity contribution in [1.29, 1.82) is 0 Å². The fourth-order valence-electron chi connectivity index (χ4n) is 2.65. The zero-order valence-electron chi connectivity index (χ0n) is 10.6. The molecule has 1 atom stereocenters. The zero-order chi connectivity index (χ0) is 12.5. The van der Waals surface area contributed by atoms with Gasteiger partial charge in [-0.05, 0) is 48.4 Å². The summed E-state index contributed by atoms with van der Waals surface area (Å²) in [4.78, 5) is 0. The quantitative estimate of drug-likeness (QED) is 0.807. The van der Waals surface area contributed by atoms with Crippen molar-refractivity contribution >= 4 is 17.3 Å². The Morgan fingerprint density at radius 3 is 2.76 bits per heavy atom. The smallest absolute Gasteiger partial charge is 0.0429 e. The number of anilines is 1. The van der Waals surface area contributed by atoms with E-state index in [2.05, 4.69) is 19.2 Å². The molecule has 1 aromatic carbocycles. The Morgan fingerprint density at radius 1 is 1.41 bits per heavy atom. The number of rotatable bonds is 3. The minimum Gasteiger partial charge on any atom is -0.399 e. The summed E-state index contributed by atoms with van der Waals surface area (Å²) in [6.07, 6.45) is 3.83. The molecule has 1 fully saturated rings. The molecular weight excluding hydrogens is 232 g/mol. The van der Waals surface area contributed by atoms with E-state index in [0.29, 0.717) is 16.5 Å². The Labute approximate surface area is 109 Å². The lowest BCUT2D eigenvalue weighted by Gasteiger charge is -2.18. The summed E-state index contributed by atoms with van der Waals surface area (Å²) in [5.74, 6) is 0. The van der Waals surface area contributed by atoms with Gasteiger partial charge in [0.15, 0.2) is 0 Å². The van der Waals surface area contributed by atoms with Gasteiger partial charge in [0.2, 0.25) is 0 Å². The lowest BCUT2D eigenvalue weighted by atomic mass is 9.92. The van der Waals surface area contributed by atoms with Crippen molar-refractivity contribution in [3.8, 4) is 0 Å². The summed E-state index contributed by atoms with van der Waals surface area (Å²) in [5, 5.41) is 4.31. The minimum absolute atomic E-state index is 0.491. The first-order valence-electron chi connectivity index (χ1n) is 6.23. The number of hydrogen-bond donors (Lipinski definition) is 2. The van der Waals surface area contributed by atoms with Crippen molar-refractivity contribution in [3.05, 3.63) is 28.8 Å². The molecule has 1 aliphatic rings. The van der Waals surface area contributed by atoms with Crippen LogP contribution in [0.4, 0.5) is 5.69 Å². The van der Waals surface area contributed by atoms with Crippen molar-refractivity contribution in [2.75, 3.05) is 5.73 Å². The van der Waals surface area contributed by atoms with Crippen molar-refractivity contribution in [3.63, 3.8) is 0 Å². The molecule has 2 nitrogen and oxygen atoms in total. The molecule has 0 radical (unpaired) electrons. The molecule has 1 aromatic rings. The van der Waals surface area contributed by atoms with Gasteiger partial charge < -0.3 is 11.1 Å². The molecule has 17 heavy (non-hydrogen) atoms. The first-order chi connectivity index (χ1) is 7.94. The molecule has 0 heterocycles. The average molecular weight is 253 g/mol. The molecule has 1 unspecified atom stereocenters. The number of halogens is 1. The standard InChI is InChI=1S/C14H21ClN2/c1-14(2)4-3-13(8-14)17-9-10-5-11(15)7-12(16)6-10/h5-7,13,17H,3-4,8-9,16H2,1-2H3. The highest BCUT2D eigenvalue weighted by molar-refractivity contribution is 6.30. The normalized spacial score (nSPS) is 22.9. The van der Waals surface area contributed by atoms with E-state index in [-0.39, 0.29) is 0 Å². The van der Waals surface area contributed by atoms with E-state index in [9.17, 15) is 0 Å². The van der Waals surface area contributed by atoms with Gasteiger partial charge in [-0.2, -0.15) is 0 Å². The summed E-state index contributed by atoms with van der Waals surface area (Å²) in [6, 6.07) is 6.37. The molecule has 3 heteroatoms. The van der Waals surface area contributed by atoms with Crippen LogP contribution in [0.3, 0.4) is 0 Å². The van der Waals surface area contributed by atoms with Crippen LogP contribution in [0.5, 0.6) is 0 Å². The lowest BCUT2D eigenvalue weighted by molar-refractivity contribution is 0.364. The SMILES string of the molecule is CC1(C)CCC(NCc2cc(N)cc(Cl)c2)C1. The summed E-state index contributed by atoms with van der Waals surface area (Å²) in [5.41, 5.74) is 8.17. The highest BCUT2D eigenvalue weighted by Crippen LogP contribution is 2.37. The van der Waals surface area contributed by atoms with Crippen LogP contribution < -0.4 is 11.1 Å². The van der Waals surface area contributed by atoms with Crippen LogP contribution in [0.15, 0.2) is 18.2 Å². The van der Waals surface area contributed by atoms with Crippen LogP contribution in [-0.4, -0.2) is 6.04 Å². The molecule has 94 valence electrons. The molecule has 0 aromatic heterocycles. The molecule has 0 bridgehead atoms. The second-order valence-electron chi connectivity index (χ2n) is 5.88. The van der Waals surface area contributed by atoms with E-state index < -0.39 is 0 Å². The van der Waals surface area contributed by atoms with Crippen molar-refractivity contribution in [2.45, 2.75) is 45.7 Å². The predicted molar refractivity (Wildman–Crippen MR) is 74.1 cm³/mol. The fourth-order valence-corrected chi connectivity index (χ4v) is 2.92. The molecule has 2 rings (SSSR count). The molecule has 3 N–H and O–H groups in total. The van der Waals surface area contributed by atoms with Crippen LogP contribution in [0.1, 0.15) is 38.7 Å². The van der Waals surface area contributed by atoms with Gasteiger partial charge in [-0.15, -0.1) is 0 Å². The van der Waals surface area contributed by atoms with E-state index in [1.54, 1.807) is 6.07 Å². The van der Waals surface area contributed by atoms with E-state index >= 15 is 0 Å². The molecule has 0 saturated heterocycles. The summed E-state index contributed by atoms with van der Waals surface area (Å²) >= 11 is 5.98. The van der Waals surface area contributed by atoms with Gasteiger partial charge >= 0.3 is 0 Å². The van der Waals surface area contributed by atoms with Gasteiger partial charge in [0.05, 0.1) is 0 Å². The number of nitrogen functional groups attached to an aromatic ring is 1. The monoisotopic (exact) mass is 252 g/mol. The average Bonchev–Trinajstić information content (AvgIpc) is 2.54. The lowest BCUT2D eigenvalue weighted by Crippen LogP contribution is -2.26. The van der Waals surface area contributed by atoms with Crippen LogP contribution in [0.25, 0.3) is 0 Å². The summed E-state index contributed by atoms with van der Waals surface area (Å²) in [6.45, 7) is 5.53. The number of nitrogens with one attached hydrogen (secondary N) is 1. The number of benzene rings is 1. The van der Waals surface area contributed by atoms with E-state index in [1.807, 2.05) is 12.1 Å². The Bertz CT molecular complexity index is 381. The maximum Gasteiger partial charge on any atom is 0.0429 e. The Balaban J connectivity index is 1.90. The van der Waals surface area contributed by atoms with Crippen LogP contribution in [0.2, 0.25) is 5.02 Å². The van der Waals surface area contributed by atoms with Crippen LogP contribution in [0, 0.1) is 5.41 Å². The highest BCUT2D eigenvalue weighted by Gasteiger charge is 2.30. The van der Waals surface area contributed by atoms with Gasteiger partial charge in [-0.3, -0.25) is 0 Å². The summed E-state index contributed by atoms with van der Waals surface area (Å²) in [7, 11) is 0. The highest BCUT2D eigenvalue weighted by atomic mass is 35.5. The number of hydrogen-bond acceptors (Lipinski definition) is 2. The van der Waals surface area contributed by atoms with Crippen molar-refractivity contribution < 1.29 is 0 Å². The second-order valence-corrected chi connectivity index (χ2v) is 6.31. The second kappa shape index (κ2) is 4.87. The van der Waals surface area contributed by atoms with Crippen LogP contribution >= 0.6 is 11.6 Å².